The van der Waals surface area contributed by atoms with E-state index in [-0.39, 0.29) is 22.0 Å². The van der Waals surface area contributed by atoms with Crippen LogP contribution >= 0.6 is 22.9 Å². The van der Waals surface area contributed by atoms with Crippen molar-refractivity contribution in [3.8, 4) is 0 Å². The number of aromatic carboxylic acids is 1. The first-order valence-electron chi connectivity index (χ1n) is 5.95. The van der Waals surface area contributed by atoms with Gasteiger partial charge in [0.15, 0.2) is 0 Å². The van der Waals surface area contributed by atoms with E-state index in [2.05, 4.69) is 4.72 Å². The minimum atomic E-state index is -3.84. The van der Waals surface area contributed by atoms with Crippen LogP contribution in [0.3, 0.4) is 0 Å². The molecule has 0 fully saturated rings. The molecule has 21 heavy (non-hydrogen) atoms. The Balaban J connectivity index is 2.15. The normalized spacial score (nSPS) is 11.5. The van der Waals surface area contributed by atoms with Crippen LogP contribution in [0.4, 0.5) is 0 Å². The van der Waals surface area contributed by atoms with Crippen LogP contribution in [-0.4, -0.2) is 26.0 Å². The van der Waals surface area contributed by atoms with Crippen LogP contribution in [0.5, 0.6) is 0 Å². The first kappa shape index (κ1) is 16.0. The molecule has 112 valence electrons. The predicted molar refractivity (Wildman–Crippen MR) is 81.6 cm³/mol. The van der Waals surface area contributed by atoms with E-state index in [9.17, 15) is 13.2 Å². The van der Waals surface area contributed by atoms with Crippen LogP contribution in [-0.2, 0) is 16.4 Å². The number of nitrogens with one attached hydrogen (secondary N) is 1. The van der Waals surface area contributed by atoms with Gasteiger partial charge in [-0.3, -0.25) is 0 Å². The van der Waals surface area contributed by atoms with Crippen molar-refractivity contribution in [2.75, 3.05) is 6.54 Å². The number of carbonyl (C=O) groups is 1. The van der Waals surface area contributed by atoms with Gasteiger partial charge in [-0.15, -0.1) is 11.3 Å². The Morgan fingerprint density at radius 2 is 2.10 bits per heavy atom. The average molecular weight is 346 g/mol. The highest BCUT2D eigenvalue weighted by molar-refractivity contribution is 7.89. The van der Waals surface area contributed by atoms with E-state index in [1.807, 2.05) is 17.5 Å². The van der Waals surface area contributed by atoms with Crippen molar-refractivity contribution < 1.29 is 18.3 Å². The monoisotopic (exact) mass is 345 g/mol. The van der Waals surface area contributed by atoms with Crippen molar-refractivity contribution in [3.63, 3.8) is 0 Å². The maximum atomic E-state index is 12.2. The van der Waals surface area contributed by atoms with Gasteiger partial charge in [0.25, 0.3) is 0 Å². The summed E-state index contributed by atoms with van der Waals surface area (Å²) >= 11 is 7.39. The molecule has 0 saturated heterocycles. The molecule has 0 aliphatic heterocycles. The Kier molecular flexibility index (Phi) is 5.00. The number of hydrogen-bond donors (Lipinski definition) is 2. The first-order valence-corrected chi connectivity index (χ1v) is 8.69. The van der Waals surface area contributed by atoms with Gasteiger partial charge in [-0.2, -0.15) is 0 Å². The van der Waals surface area contributed by atoms with Crippen molar-refractivity contribution in [2.45, 2.75) is 11.3 Å². The van der Waals surface area contributed by atoms with E-state index in [4.69, 9.17) is 16.7 Å². The van der Waals surface area contributed by atoms with Crippen molar-refractivity contribution in [2.24, 2.45) is 0 Å². The molecule has 0 saturated carbocycles. The third-order valence-electron chi connectivity index (χ3n) is 2.71. The molecule has 0 aliphatic rings. The number of carboxylic acids is 1. The molecule has 1 aromatic carbocycles. The van der Waals surface area contributed by atoms with Gasteiger partial charge < -0.3 is 5.11 Å². The zero-order valence-corrected chi connectivity index (χ0v) is 13.1. The Morgan fingerprint density at radius 3 is 2.71 bits per heavy atom. The minimum absolute atomic E-state index is 0.0105. The number of rotatable bonds is 6. The lowest BCUT2D eigenvalue weighted by molar-refractivity contribution is 0.0696. The first-order chi connectivity index (χ1) is 9.90. The summed E-state index contributed by atoms with van der Waals surface area (Å²) in [5, 5.41) is 10.8. The predicted octanol–water partition coefficient (Wildman–Crippen LogP) is 2.62. The topological polar surface area (TPSA) is 83.5 Å². The quantitative estimate of drug-likeness (QED) is 0.843. The van der Waals surface area contributed by atoms with E-state index < -0.39 is 16.0 Å². The second kappa shape index (κ2) is 6.57. The van der Waals surface area contributed by atoms with Crippen LogP contribution in [0.1, 0.15) is 15.2 Å². The van der Waals surface area contributed by atoms with Gasteiger partial charge in [0.2, 0.25) is 10.0 Å². The van der Waals surface area contributed by atoms with E-state index in [0.717, 1.165) is 10.9 Å². The lowest BCUT2D eigenvalue weighted by Crippen LogP contribution is -2.26. The van der Waals surface area contributed by atoms with Gasteiger partial charge in [0.1, 0.15) is 4.90 Å². The van der Waals surface area contributed by atoms with Crippen LogP contribution in [0.15, 0.2) is 40.6 Å². The summed E-state index contributed by atoms with van der Waals surface area (Å²) in [6.45, 7) is 0.219. The fraction of sp³-hybridized carbons (Fsp3) is 0.154. The molecule has 0 atom stereocenters. The lowest BCUT2D eigenvalue weighted by Gasteiger charge is -2.08. The average Bonchev–Trinajstić information content (AvgIpc) is 2.91. The number of carboxylic acid groups (broad SMARTS) is 1. The van der Waals surface area contributed by atoms with Gasteiger partial charge in [-0.25, -0.2) is 17.9 Å². The van der Waals surface area contributed by atoms with Gasteiger partial charge in [-0.05, 0) is 36.1 Å². The van der Waals surface area contributed by atoms with Crippen molar-refractivity contribution in [1.82, 2.24) is 4.72 Å². The molecular formula is C13H12ClNO4S2. The molecule has 0 aliphatic carbocycles. The van der Waals surface area contributed by atoms with Crippen LogP contribution in [0.25, 0.3) is 0 Å². The highest BCUT2D eigenvalue weighted by atomic mass is 35.5. The highest BCUT2D eigenvalue weighted by Crippen LogP contribution is 2.22. The molecular weight excluding hydrogens is 334 g/mol. The van der Waals surface area contributed by atoms with E-state index in [1.54, 1.807) is 11.3 Å². The third kappa shape index (κ3) is 4.04. The molecule has 0 unspecified atom stereocenters. The third-order valence-corrected chi connectivity index (χ3v) is 5.59. The number of sulfonamides is 1. The second-order valence-electron chi connectivity index (χ2n) is 4.18. The van der Waals surface area contributed by atoms with Gasteiger partial charge in [0, 0.05) is 11.4 Å². The Hall–Kier alpha value is -1.41. The summed E-state index contributed by atoms with van der Waals surface area (Å²) in [5.74, 6) is -1.21. The van der Waals surface area contributed by atoms with Crippen LogP contribution in [0.2, 0.25) is 5.02 Å². The lowest BCUT2D eigenvalue weighted by atomic mass is 10.2. The minimum Gasteiger partial charge on any atom is -0.478 e. The van der Waals surface area contributed by atoms with Crippen molar-refractivity contribution in [3.05, 3.63) is 51.2 Å². The molecule has 8 heteroatoms. The molecule has 1 aromatic heterocycles. The van der Waals surface area contributed by atoms with Gasteiger partial charge in [-0.1, -0.05) is 17.7 Å². The summed E-state index contributed by atoms with van der Waals surface area (Å²) in [6, 6.07) is 7.38. The number of thiophene rings is 1. The molecule has 0 bridgehead atoms. The zero-order chi connectivity index (χ0) is 15.5. The Labute approximate surface area is 131 Å². The maximum absolute atomic E-state index is 12.2. The molecule has 0 radical (unpaired) electrons. The molecule has 5 nitrogen and oxygen atoms in total. The summed E-state index contributed by atoms with van der Waals surface area (Å²) in [6.07, 6.45) is 0.563. The van der Waals surface area contributed by atoms with Crippen molar-refractivity contribution >= 4 is 38.9 Å². The van der Waals surface area contributed by atoms with E-state index in [0.29, 0.717) is 6.42 Å². The fourth-order valence-electron chi connectivity index (χ4n) is 1.68. The molecule has 2 aromatic rings. The molecule has 0 amide bonds. The summed E-state index contributed by atoms with van der Waals surface area (Å²) in [7, 11) is -3.84. The number of halogens is 1. The molecule has 2 N–H and O–H groups in total. The Morgan fingerprint density at radius 1 is 1.33 bits per heavy atom. The standard InChI is InChI=1S/C13H12ClNO4S2/c14-11-4-3-9(13(16)17)8-12(11)21(18,19)15-6-5-10-2-1-7-20-10/h1-4,7-8,15H,5-6H2,(H,16,17). The smallest absolute Gasteiger partial charge is 0.335 e. The summed E-state index contributed by atoms with van der Waals surface area (Å²) in [4.78, 5) is 11.7. The zero-order valence-electron chi connectivity index (χ0n) is 10.7. The van der Waals surface area contributed by atoms with Crippen LogP contribution in [0, 0.1) is 0 Å². The Bertz CT molecular complexity index is 742. The largest absolute Gasteiger partial charge is 0.478 e. The second-order valence-corrected chi connectivity index (χ2v) is 7.35. The van der Waals surface area contributed by atoms with E-state index in [1.165, 1.54) is 12.1 Å². The molecule has 0 spiro atoms. The fourth-order valence-corrected chi connectivity index (χ4v) is 3.95. The summed E-state index contributed by atoms with van der Waals surface area (Å²) < 4.78 is 26.8. The van der Waals surface area contributed by atoms with Gasteiger partial charge in [0.05, 0.1) is 10.6 Å². The highest BCUT2D eigenvalue weighted by Gasteiger charge is 2.19. The van der Waals surface area contributed by atoms with Crippen LogP contribution < -0.4 is 4.72 Å². The maximum Gasteiger partial charge on any atom is 0.335 e. The van der Waals surface area contributed by atoms with Crippen molar-refractivity contribution in [1.29, 1.82) is 0 Å². The molecule has 2 rings (SSSR count). The SMILES string of the molecule is O=C(O)c1ccc(Cl)c(S(=O)(=O)NCCc2cccs2)c1. The number of benzene rings is 1. The van der Waals surface area contributed by atoms with E-state index >= 15 is 0 Å². The summed E-state index contributed by atoms with van der Waals surface area (Å²) in [5.41, 5.74) is -0.127. The molecule has 1 heterocycles. The van der Waals surface area contributed by atoms with Gasteiger partial charge >= 0.3 is 5.97 Å². The number of hydrogen-bond acceptors (Lipinski definition) is 4.